The van der Waals surface area contributed by atoms with Crippen LogP contribution < -0.4 is 5.32 Å². The molecular weight excluding hydrogens is 256 g/mol. The molecule has 1 aromatic rings. The molecular formula is C11H15BrN2O. The summed E-state index contributed by atoms with van der Waals surface area (Å²) in [7, 11) is 0. The van der Waals surface area contributed by atoms with Crippen molar-refractivity contribution in [2.24, 2.45) is 5.92 Å². The molecule has 0 aromatic carbocycles. The van der Waals surface area contributed by atoms with Crippen molar-refractivity contribution in [3.05, 3.63) is 22.8 Å². The van der Waals surface area contributed by atoms with Crippen LogP contribution in [0.5, 0.6) is 0 Å². The largest absolute Gasteiger partial charge is 0.381 e. The number of hydrogen-bond acceptors (Lipinski definition) is 3. The molecule has 2 heterocycles. The Morgan fingerprint density at radius 3 is 3.27 bits per heavy atom. The highest BCUT2D eigenvalue weighted by Gasteiger charge is 2.13. The van der Waals surface area contributed by atoms with E-state index in [0.29, 0.717) is 5.92 Å². The van der Waals surface area contributed by atoms with Crippen LogP contribution in [0.4, 0.5) is 5.82 Å². The Morgan fingerprint density at radius 2 is 2.53 bits per heavy atom. The molecule has 0 saturated carbocycles. The number of hydrogen-bond donors (Lipinski definition) is 1. The van der Waals surface area contributed by atoms with Crippen molar-refractivity contribution < 1.29 is 4.74 Å². The molecule has 2 rings (SSSR count). The van der Waals surface area contributed by atoms with Gasteiger partial charge in [-0.2, -0.15) is 0 Å². The Hall–Kier alpha value is -0.610. The third-order valence-corrected chi connectivity index (χ3v) is 3.21. The number of anilines is 1. The van der Waals surface area contributed by atoms with Crippen LogP contribution in [0.1, 0.15) is 12.8 Å². The van der Waals surface area contributed by atoms with Crippen molar-refractivity contribution in [2.75, 3.05) is 25.1 Å². The van der Waals surface area contributed by atoms with Crippen LogP contribution in [0.3, 0.4) is 0 Å². The summed E-state index contributed by atoms with van der Waals surface area (Å²) in [6.07, 6.45) is 4.22. The monoisotopic (exact) mass is 270 g/mol. The van der Waals surface area contributed by atoms with Crippen LogP contribution in [0.25, 0.3) is 0 Å². The van der Waals surface area contributed by atoms with Crippen molar-refractivity contribution in [3.63, 3.8) is 0 Å². The summed E-state index contributed by atoms with van der Waals surface area (Å²) in [5.74, 6) is 1.54. The molecule has 0 spiro atoms. The summed E-state index contributed by atoms with van der Waals surface area (Å²) in [4.78, 5) is 4.26. The van der Waals surface area contributed by atoms with Crippen LogP contribution in [-0.2, 0) is 4.74 Å². The Morgan fingerprint density at radius 1 is 1.60 bits per heavy atom. The molecule has 0 bridgehead atoms. The number of rotatable bonds is 3. The van der Waals surface area contributed by atoms with E-state index in [2.05, 4.69) is 26.2 Å². The Bertz CT molecular complexity index is 313. The standard InChI is InChI=1S/C11H15BrN2O/c12-10-4-1-5-13-11(10)14-7-9-3-2-6-15-8-9/h1,4-5,9H,2-3,6-8H2,(H,13,14). The van der Waals surface area contributed by atoms with E-state index in [1.165, 1.54) is 12.8 Å². The lowest BCUT2D eigenvalue weighted by Gasteiger charge is -2.22. The zero-order valence-electron chi connectivity index (χ0n) is 8.58. The minimum absolute atomic E-state index is 0.618. The minimum Gasteiger partial charge on any atom is -0.381 e. The number of aromatic nitrogens is 1. The smallest absolute Gasteiger partial charge is 0.140 e. The molecule has 0 amide bonds. The lowest BCUT2D eigenvalue weighted by molar-refractivity contribution is 0.0595. The van der Waals surface area contributed by atoms with Crippen LogP contribution in [0.2, 0.25) is 0 Å². The van der Waals surface area contributed by atoms with Crippen molar-refractivity contribution in [3.8, 4) is 0 Å². The Kier molecular flexibility index (Phi) is 3.97. The highest BCUT2D eigenvalue weighted by Crippen LogP contribution is 2.20. The summed E-state index contributed by atoms with van der Waals surface area (Å²) in [6, 6.07) is 3.91. The van der Waals surface area contributed by atoms with Gasteiger partial charge in [-0.1, -0.05) is 0 Å². The average Bonchev–Trinajstić information content (AvgIpc) is 2.29. The summed E-state index contributed by atoms with van der Waals surface area (Å²) in [5, 5.41) is 3.34. The van der Waals surface area contributed by atoms with E-state index >= 15 is 0 Å². The maximum absolute atomic E-state index is 5.43. The second kappa shape index (κ2) is 5.47. The van der Waals surface area contributed by atoms with Gasteiger partial charge in [0.15, 0.2) is 0 Å². The number of pyridine rings is 1. The molecule has 1 aliphatic rings. The van der Waals surface area contributed by atoms with Gasteiger partial charge in [0.25, 0.3) is 0 Å². The molecule has 1 aromatic heterocycles. The minimum atomic E-state index is 0.618. The third-order valence-electron chi connectivity index (χ3n) is 2.57. The fourth-order valence-electron chi connectivity index (χ4n) is 1.73. The van der Waals surface area contributed by atoms with Gasteiger partial charge in [-0.15, -0.1) is 0 Å². The highest BCUT2D eigenvalue weighted by atomic mass is 79.9. The van der Waals surface area contributed by atoms with Crippen molar-refractivity contribution in [1.29, 1.82) is 0 Å². The predicted molar refractivity (Wildman–Crippen MR) is 64.0 cm³/mol. The summed E-state index contributed by atoms with van der Waals surface area (Å²) in [5.41, 5.74) is 0. The lowest BCUT2D eigenvalue weighted by atomic mass is 10.0. The van der Waals surface area contributed by atoms with E-state index in [9.17, 15) is 0 Å². The van der Waals surface area contributed by atoms with Crippen LogP contribution in [0, 0.1) is 5.92 Å². The first-order valence-electron chi connectivity index (χ1n) is 5.28. The number of ether oxygens (including phenoxy) is 1. The number of nitrogens with zero attached hydrogens (tertiary/aromatic N) is 1. The molecule has 1 N–H and O–H groups in total. The molecule has 1 saturated heterocycles. The molecule has 0 radical (unpaired) electrons. The van der Waals surface area contributed by atoms with E-state index in [0.717, 1.165) is 30.0 Å². The fraction of sp³-hybridized carbons (Fsp3) is 0.545. The molecule has 0 aliphatic carbocycles. The van der Waals surface area contributed by atoms with E-state index in [1.807, 2.05) is 12.1 Å². The van der Waals surface area contributed by atoms with Gasteiger partial charge in [0.1, 0.15) is 5.82 Å². The topological polar surface area (TPSA) is 34.2 Å². The van der Waals surface area contributed by atoms with Crippen LogP contribution in [0.15, 0.2) is 22.8 Å². The SMILES string of the molecule is Brc1cccnc1NCC1CCCOC1. The lowest BCUT2D eigenvalue weighted by Crippen LogP contribution is -2.24. The van der Waals surface area contributed by atoms with Crippen molar-refractivity contribution in [2.45, 2.75) is 12.8 Å². The van der Waals surface area contributed by atoms with Gasteiger partial charge in [-0.25, -0.2) is 4.98 Å². The van der Waals surface area contributed by atoms with Crippen LogP contribution >= 0.6 is 15.9 Å². The first-order valence-corrected chi connectivity index (χ1v) is 6.07. The Balaban J connectivity index is 1.84. The van der Waals surface area contributed by atoms with Gasteiger partial charge >= 0.3 is 0 Å². The quantitative estimate of drug-likeness (QED) is 0.917. The maximum atomic E-state index is 5.43. The number of nitrogens with one attached hydrogen (secondary N) is 1. The zero-order valence-corrected chi connectivity index (χ0v) is 10.2. The first-order chi connectivity index (χ1) is 7.36. The van der Waals surface area contributed by atoms with Gasteiger partial charge in [0.05, 0.1) is 11.1 Å². The van der Waals surface area contributed by atoms with Crippen molar-refractivity contribution >= 4 is 21.7 Å². The predicted octanol–water partition coefficient (Wildman–Crippen LogP) is 2.68. The van der Waals surface area contributed by atoms with Gasteiger partial charge in [0.2, 0.25) is 0 Å². The highest BCUT2D eigenvalue weighted by molar-refractivity contribution is 9.10. The molecule has 15 heavy (non-hydrogen) atoms. The van der Waals surface area contributed by atoms with E-state index in [4.69, 9.17) is 4.74 Å². The molecule has 1 atom stereocenters. The molecule has 82 valence electrons. The molecule has 1 fully saturated rings. The van der Waals surface area contributed by atoms with Gasteiger partial charge in [-0.05, 0) is 46.8 Å². The van der Waals surface area contributed by atoms with Gasteiger partial charge < -0.3 is 10.1 Å². The zero-order chi connectivity index (χ0) is 10.5. The normalized spacial score (nSPS) is 21.3. The second-order valence-electron chi connectivity index (χ2n) is 3.80. The summed E-state index contributed by atoms with van der Waals surface area (Å²) in [6.45, 7) is 2.73. The second-order valence-corrected chi connectivity index (χ2v) is 4.65. The summed E-state index contributed by atoms with van der Waals surface area (Å²) < 4.78 is 6.44. The van der Waals surface area contributed by atoms with Crippen LogP contribution in [-0.4, -0.2) is 24.7 Å². The average molecular weight is 271 g/mol. The third kappa shape index (κ3) is 3.18. The summed E-state index contributed by atoms with van der Waals surface area (Å²) >= 11 is 3.47. The van der Waals surface area contributed by atoms with E-state index in [1.54, 1.807) is 6.20 Å². The van der Waals surface area contributed by atoms with E-state index < -0.39 is 0 Å². The number of halogens is 1. The molecule has 1 unspecified atom stereocenters. The Labute approximate surface area is 98.4 Å². The van der Waals surface area contributed by atoms with Gasteiger partial charge in [0, 0.05) is 19.3 Å². The van der Waals surface area contributed by atoms with Gasteiger partial charge in [-0.3, -0.25) is 0 Å². The maximum Gasteiger partial charge on any atom is 0.140 e. The first kappa shape index (κ1) is 10.9. The molecule has 1 aliphatic heterocycles. The van der Waals surface area contributed by atoms with Crippen molar-refractivity contribution in [1.82, 2.24) is 4.98 Å². The molecule has 4 heteroatoms. The molecule has 3 nitrogen and oxygen atoms in total. The van der Waals surface area contributed by atoms with E-state index in [-0.39, 0.29) is 0 Å². The fourth-order valence-corrected chi connectivity index (χ4v) is 2.12.